The van der Waals surface area contributed by atoms with Gasteiger partial charge in [-0.15, -0.1) is 6.42 Å². The average Bonchev–Trinajstić information content (AvgIpc) is 2.47. The van der Waals surface area contributed by atoms with Crippen molar-refractivity contribution in [2.24, 2.45) is 0 Å². The highest BCUT2D eigenvalue weighted by Gasteiger charge is 2.33. The van der Waals surface area contributed by atoms with Crippen LogP contribution in [0.3, 0.4) is 0 Å². The van der Waals surface area contributed by atoms with Gasteiger partial charge in [0, 0.05) is 25.9 Å². The van der Waals surface area contributed by atoms with Gasteiger partial charge >= 0.3 is 0 Å². The lowest BCUT2D eigenvalue weighted by molar-refractivity contribution is -0.0517. The van der Waals surface area contributed by atoms with Crippen LogP contribution < -0.4 is 0 Å². The molecule has 0 atom stereocenters. The van der Waals surface area contributed by atoms with Gasteiger partial charge in [-0.3, -0.25) is 0 Å². The first kappa shape index (κ1) is 13.1. The van der Waals surface area contributed by atoms with Crippen LogP contribution in [0.5, 0.6) is 0 Å². The Hall–Kier alpha value is -1.30. The Labute approximate surface area is 110 Å². The fraction of sp³-hybridized carbons (Fsp3) is 0.500. The van der Waals surface area contributed by atoms with Gasteiger partial charge in [0.25, 0.3) is 0 Å². The summed E-state index contributed by atoms with van der Waals surface area (Å²) >= 11 is 0. The molecule has 0 radical (unpaired) electrons. The van der Waals surface area contributed by atoms with Crippen LogP contribution in [0.15, 0.2) is 30.3 Å². The third-order valence-electron chi connectivity index (χ3n) is 3.73. The molecule has 2 heteroatoms. The molecule has 1 aliphatic rings. The summed E-state index contributed by atoms with van der Waals surface area (Å²) in [5.74, 6) is 2.88. The number of rotatable bonds is 4. The lowest BCUT2D eigenvalue weighted by Crippen LogP contribution is -2.45. The Balaban J connectivity index is 1.92. The Morgan fingerprint density at radius 3 is 2.50 bits per heavy atom. The summed E-state index contributed by atoms with van der Waals surface area (Å²) in [5, 5.41) is 0. The van der Waals surface area contributed by atoms with Gasteiger partial charge in [0.05, 0.1) is 6.61 Å². The van der Waals surface area contributed by atoms with E-state index in [1.54, 1.807) is 0 Å². The number of benzene rings is 1. The number of nitrogens with zero attached hydrogens (tertiary/aromatic N) is 1. The van der Waals surface area contributed by atoms with Crippen molar-refractivity contribution in [2.75, 3.05) is 19.6 Å². The maximum Gasteiger partial charge on any atom is 0.131 e. The molecule has 0 saturated carbocycles. The van der Waals surface area contributed by atoms with Gasteiger partial charge in [-0.25, -0.2) is 0 Å². The molecule has 0 spiro atoms. The molecule has 1 aromatic carbocycles. The van der Waals surface area contributed by atoms with E-state index in [2.05, 4.69) is 29.9 Å². The van der Waals surface area contributed by atoms with Gasteiger partial charge in [-0.05, 0) is 12.1 Å². The molecule has 2 rings (SSSR count). The SMILES string of the molecule is C#CC1(OCc2ccccc2)CCN(CC)CC1. The van der Waals surface area contributed by atoms with Crippen molar-refractivity contribution in [3.8, 4) is 12.3 Å². The molecule has 1 fully saturated rings. The van der Waals surface area contributed by atoms with Crippen LogP contribution in [0, 0.1) is 12.3 Å². The van der Waals surface area contributed by atoms with Crippen LogP contribution in [0.25, 0.3) is 0 Å². The molecule has 0 bridgehead atoms. The molecule has 0 N–H and O–H groups in total. The third kappa shape index (κ3) is 3.13. The number of hydrogen-bond donors (Lipinski definition) is 0. The fourth-order valence-electron chi connectivity index (χ4n) is 2.36. The van der Waals surface area contributed by atoms with Crippen LogP contribution >= 0.6 is 0 Å². The smallest absolute Gasteiger partial charge is 0.131 e. The van der Waals surface area contributed by atoms with Crippen molar-refractivity contribution in [1.82, 2.24) is 4.90 Å². The van der Waals surface area contributed by atoms with Crippen molar-refractivity contribution < 1.29 is 4.74 Å². The second-order valence-corrected chi connectivity index (χ2v) is 4.85. The summed E-state index contributed by atoms with van der Waals surface area (Å²) in [6.45, 7) is 5.97. The summed E-state index contributed by atoms with van der Waals surface area (Å²) in [5.41, 5.74) is 0.826. The third-order valence-corrected chi connectivity index (χ3v) is 3.73. The first-order valence-corrected chi connectivity index (χ1v) is 6.66. The first-order valence-electron chi connectivity index (χ1n) is 6.66. The Kier molecular flexibility index (Phi) is 4.41. The van der Waals surface area contributed by atoms with Crippen molar-refractivity contribution in [1.29, 1.82) is 0 Å². The van der Waals surface area contributed by atoms with Crippen LogP contribution in [0.1, 0.15) is 25.3 Å². The fourth-order valence-corrected chi connectivity index (χ4v) is 2.36. The molecular formula is C16H21NO. The quantitative estimate of drug-likeness (QED) is 0.754. The van der Waals surface area contributed by atoms with Gasteiger partial charge in [0.1, 0.15) is 5.60 Å². The molecule has 0 aliphatic carbocycles. The number of terminal acetylenes is 1. The van der Waals surface area contributed by atoms with E-state index in [4.69, 9.17) is 11.2 Å². The zero-order valence-electron chi connectivity index (χ0n) is 11.1. The number of piperidine rings is 1. The van der Waals surface area contributed by atoms with Gasteiger partial charge in [0.15, 0.2) is 0 Å². The molecule has 96 valence electrons. The molecule has 1 saturated heterocycles. The monoisotopic (exact) mass is 243 g/mol. The van der Waals surface area contributed by atoms with E-state index >= 15 is 0 Å². The molecule has 1 aliphatic heterocycles. The second-order valence-electron chi connectivity index (χ2n) is 4.85. The van der Waals surface area contributed by atoms with Gasteiger partial charge < -0.3 is 9.64 Å². The number of likely N-dealkylation sites (tertiary alicyclic amines) is 1. The summed E-state index contributed by atoms with van der Waals surface area (Å²) in [4.78, 5) is 2.42. The molecule has 2 nitrogen and oxygen atoms in total. The van der Waals surface area contributed by atoms with Gasteiger partial charge in [0.2, 0.25) is 0 Å². The molecule has 0 aromatic heterocycles. The number of hydrogen-bond acceptors (Lipinski definition) is 2. The van der Waals surface area contributed by atoms with Crippen molar-refractivity contribution in [2.45, 2.75) is 32.0 Å². The molecule has 1 aromatic rings. The Morgan fingerprint density at radius 2 is 1.94 bits per heavy atom. The lowest BCUT2D eigenvalue weighted by atomic mass is 9.92. The number of ether oxygens (including phenoxy) is 1. The highest BCUT2D eigenvalue weighted by molar-refractivity contribution is 5.15. The van der Waals surface area contributed by atoms with Crippen LogP contribution in [0.2, 0.25) is 0 Å². The van der Waals surface area contributed by atoms with E-state index in [-0.39, 0.29) is 5.60 Å². The summed E-state index contributed by atoms with van der Waals surface area (Å²) in [6, 6.07) is 10.2. The van der Waals surface area contributed by atoms with E-state index in [9.17, 15) is 0 Å². The molecule has 1 heterocycles. The zero-order chi connectivity index (χ0) is 12.8. The maximum atomic E-state index is 6.04. The highest BCUT2D eigenvalue weighted by atomic mass is 16.5. The predicted octanol–water partition coefficient (Wildman–Crippen LogP) is 2.69. The summed E-state index contributed by atoms with van der Waals surface area (Å²) < 4.78 is 6.04. The second kappa shape index (κ2) is 6.04. The van der Waals surface area contributed by atoms with E-state index in [1.165, 1.54) is 5.56 Å². The van der Waals surface area contributed by atoms with Crippen LogP contribution in [0.4, 0.5) is 0 Å². The molecule has 0 unspecified atom stereocenters. The van der Waals surface area contributed by atoms with E-state index in [0.717, 1.165) is 32.5 Å². The molecule has 18 heavy (non-hydrogen) atoms. The maximum absolute atomic E-state index is 6.04. The van der Waals surface area contributed by atoms with E-state index in [1.807, 2.05) is 18.2 Å². The van der Waals surface area contributed by atoms with Gasteiger partial charge in [-0.2, -0.15) is 0 Å². The van der Waals surface area contributed by atoms with E-state index in [0.29, 0.717) is 6.61 Å². The Bertz CT molecular complexity index is 399. The molecular weight excluding hydrogens is 222 g/mol. The zero-order valence-corrected chi connectivity index (χ0v) is 11.1. The van der Waals surface area contributed by atoms with E-state index < -0.39 is 0 Å². The first-order chi connectivity index (χ1) is 8.78. The summed E-state index contributed by atoms with van der Waals surface area (Å²) in [7, 11) is 0. The largest absolute Gasteiger partial charge is 0.358 e. The van der Waals surface area contributed by atoms with Crippen molar-refractivity contribution >= 4 is 0 Å². The minimum Gasteiger partial charge on any atom is -0.358 e. The highest BCUT2D eigenvalue weighted by Crippen LogP contribution is 2.26. The van der Waals surface area contributed by atoms with Gasteiger partial charge in [-0.1, -0.05) is 43.2 Å². The standard InChI is InChI=1S/C16H21NO/c1-3-16(10-12-17(4-2)13-11-16)18-14-15-8-6-5-7-9-15/h1,5-9H,4,10-14H2,2H3. The minimum atomic E-state index is -0.360. The molecule has 0 amide bonds. The minimum absolute atomic E-state index is 0.360. The summed E-state index contributed by atoms with van der Waals surface area (Å²) in [6.07, 6.45) is 7.57. The van der Waals surface area contributed by atoms with Crippen molar-refractivity contribution in [3.63, 3.8) is 0 Å². The normalized spacial score (nSPS) is 19.3. The lowest BCUT2D eigenvalue weighted by Gasteiger charge is -2.37. The average molecular weight is 243 g/mol. The van der Waals surface area contributed by atoms with Crippen molar-refractivity contribution in [3.05, 3.63) is 35.9 Å². The van der Waals surface area contributed by atoms with Crippen LogP contribution in [-0.4, -0.2) is 30.1 Å². The topological polar surface area (TPSA) is 12.5 Å². The predicted molar refractivity (Wildman–Crippen MR) is 74.1 cm³/mol. The Morgan fingerprint density at radius 1 is 1.28 bits per heavy atom. The van der Waals surface area contributed by atoms with Crippen LogP contribution in [-0.2, 0) is 11.3 Å².